The summed E-state index contributed by atoms with van der Waals surface area (Å²) in [5.74, 6) is 1.70. The number of benzene rings is 2. The molecule has 31 heavy (non-hydrogen) atoms. The van der Waals surface area contributed by atoms with Crippen molar-refractivity contribution in [3.05, 3.63) is 89.9 Å². The van der Waals surface area contributed by atoms with E-state index in [1.165, 1.54) is 36.1 Å². The van der Waals surface area contributed by atoms with E-state index < -0.39 is 0 Å². The topological polar surface area (TPSA) is 30.9 Å². The normalized spacial score (nSPS) is 18.0. The van der Waals surface area contributed by atoms with Crippen molar-refractivity contribution in [2.24, 2.45) is 4.99 Å². The molecule has 2 aromatic rings. The van der Waals surface area contributed by atoms with Gasteiger partial charge in [0.25, 0.3) is 0 Å². The van der Waals surface area contributed by atoms with Gasteiger partial charge in [-0.15, -0.1) is 0 Å². The molecule has 0 spiro atoms. The first-order valence-electron chi connectivity index (χ1n) is 11.1. The van der Waals surface area contributed by atoms with Crippen LogP contribution in [0.4, 0.5) is 11.4 Å². The van der Waals surface area contributed by atoms with E-state index in [1.807, 2.05) is 30.3 Å². The Labute approximate surface area is 186 Å². The molecule has 2 aliphatic heterocycles. The number of hydrogen-bond donors (Lipinski definition) is 1. The van der Waals surface area contributed by atoms with Crippen LogP contribution in [0.25, 0.3) is 5.57 Å². The second-order valence-electron chi connectivity index (χ2n) is 8.38. The number of piperidine rings is 1. The van der Waals surface area contributed by atoms with E-state index >= 15 is 0 Å². The number of hydrogen-bond acceptors (Lipinski definition) is 4. The summed E-state index contributed by atoms with van der Waals surface area (Å²) in [5, 5.41) is 3.46. The summed E-state index contributed by atoms with van der Waals surface area (Å²) in [4.78, 5) is 9.42. The third kappa shape index (κ3) is 4.74. The maximum atomic E-state index is 4.91. The molecule has 2 aromatic carbocycles. The van der Waals surface area contributed by atoms with Crippen LogP contribution in [0.1, 0.15) is 36.0 Å². The van der Waals surface area contributed by atoms with E-state index in [0.717, 1.165) is 41.6 Å². The zero-order valence-electron chi connectivity index (χ0n) is 18.9. The van der Waals surface area contributed by atoms with E-state index in [-0.39, 0.29) is 0 Å². The Balaban J connectivity index is 1.57. The molecule has 0 saturated carbocycles. The molecule has 1 saturated heterocycles. The lowest BCUT2D eigenvalue weighted by Crippen LogP contribution is -2.29. The maximum Gasteiger partial charge on any atom is 0.142 e. The van der Waals surface area contributed by atoms with Gasteiger partial charge < -0.3 is 15.1 Å². The minimum atomic E-state index is 0.821. The Morgan fingerprint density at radius 1 is 1.00 bits per heavy atom. The van der Waals surface area contributed by atoms with Crippen molar-refractivity contribution in [3.8, 4) is 0 Å². The summed E-state index contributed by atoms with van der Waals surface area (Å²) in [7, 11) is 2.02. The number of aryl methyl sites for hydroxylation is 2. The number of allylic oxidation sites excluding steroid dienone is 2. The van der Waals surface area contributed by atoms with Crippen LogP contribution in [-0.4, -0.2) is 30.9 Å². The third-order valence-electron chi connectivity index (χ3n) is 6.14. The highest BCUT2D eigenvalue weighted by atomic mass is 15.2. The Bertz CT molecular complexity index is 1040. The van der Waals surface area contributed by atoms with E-state index in [0.29, 0.717) is 0 Å². The molecule has 0 aromatic heterocycles. The molecular weight excluding hydrogens is 380 g/mol. The standard InChI is InChI=1S/C27H32N4/c1-5-25(22-10-9-20(2)21(3)19-22)27-29-26(15-18-30(27)4)28-23-11-13-24(14-12-23)31-16-7-6-8-17-31/h5,9-15,18-19H,1,6-8,16-17H2,2-4H3,(H,28,29)/b27-25+. The first kappa shape index (κ1) is 21.0. The Morgan fingerprint density at radius 2 is 1.74 bits per heavy atom. The molecule has 0 amide bonds. The first-order valence-corrected chi connectivity index (χ1v) is 11.1. The van der Waals surface area contributed by atoms with Crippen LogP contribution in [0.5, 0.6) is 0 Å². The molecule has 0 radical (unpaired) electrons. The smallest absolute Gasteiger partial charge is 0.142 e. The lowest BCUT2D eigenvalue weighted by atomic mass is 10.00. The van der Waals surface area contributed by atoms with Crippen LogP contribution in [0, 0.1) is 13.8 Å². The van der Waals surface area contributed by atoms with Crippen molar-refractivity contribution < 1.29 is 0 Å². The third-order valence-corrected chi connectivity index (χ3v) is 6.14. The van der Waals surface area contributed by atoms with Gasteiger partial charge in [-0.1, -0.05) is 30.9 Å². The van der Waals surface area contributed by atoms with Gasteiger partial charge in [-0.05, 0) is 80.1 Å². The van der Waals surface area contributed by atoms with E-state index in [2.05, 4.69) is 73.1 Å². The molecule has 1 N–H and O–H groups in total. The fraction of sp³-hybridized carbons (Fsp3) is 0.296. The van der Waals surface area contributed by atoms with Gasteiger partial charge >= 0.3 is 0 Å². The molecular formula is C27H32N4. The number of nitrogens with zero attached hydrogens (tertiary/aromatic N) is 3. The van der Waals surface area contributed by atoms with Gasteiger partial charge in [0.15, 0.2) is 0 Å². The van der Waals surface area contributed by atoms with Crippen molar-refractivity contribution in [2.75, 3.05) is 30.4 Å². The van der Waals surface area contributed by atoms with Gasteiger partial charge in [-0.2, -0.15) is 0 Å². The predicted molar refractivity (Wildman–Crippen MR) is 133 cm³/mol. The fourth-order valence-corrected chi connectivity index (χ4v) is 4.11. The highest BCUT2D eigenvalue weighted by Crippen LogP contribution is 2.27. The summed E-state index contributed by atoms with van der Waals surface area (Å²) < 4.78 is 0. The molecule has 2 heterocycles. The lowest BCUT2D eigenvalue weighted by Gasteiger charge is -2.29. The average molecular weight is 413 g/mol. The van der Waals surface area contributed by atoms with Crippen LogP contribution < -0.4 is 10.2 Å². The molecule has 4 heteroatoms. The molecule has 0 atom stereocenters. The van der Waals surface area contributed by atoms with Gasteiger partial charge in [-0.25, -0.2) is 4.99 Å². The maximum absolute atomic E-state index is 4.91. The molecule has 0 unspecified atom stereocenters. The number of aliphatic imine (C=N–C) groups is 1. The summed E-state index contributed by atoms with van der Waals surface area (Å²) in [6.45, 7) is 10.6. The fourth-order valence-electron chi connectivity index (χ4n) is 4.11. The van der Waals surface area contributed by atoms with Gasteiger partial charge in [0, 0.05) is 43.3 Å². The summed E-state index contributed by atoms with van der Waals surface area (Å²) in [6.07, 6.45) is 9.86. The van der Waals surface area contributed by atoms with Crippen molar-refractivity contribution in [1.82, 2.24) is 4.90 Å². The van der Waals surface area contributed by atoms with Crippen molar-refractivity contribution in [2.45, 2.75) is 33.1 Å². The van der Waals surface area contributed by atoms with Crippen LogP contribution in [-0.2, 0) is 0 Å². The van der Waals surface area contributed by atoms with Crippen molar-refractivity contribution >= 4 is 22.8 Å². The zero-order valence-corrected chi connectivity index (χ0v) is 18.9. The van der Waals surface area contributed by atoms with Gasteiger partial charge in [-0.3, -0.25) is 0 Å². The number of rotatable bonds is 4. The van der Waals surface area contributed by atoms with Crippen LogP contribution >= 0.6 is 0 Å². The first-order chi connectivity index (χ1) is 15.0. The number of anilines is 2. The minimum Gasteiger partial charge on any atom is -0.372 e. The van der Waals surface area contributed by atoms with Crippen molar-refractivity contribution in [1.29, 1.82) is 0 Å². The number of amidine groups is 1. The quantitative estimate of drug-likeness (QED) is 0.656. The van der Waals surface area contributed by atoms with Gasteiger partial charge in [0.1, 0.15) is 11.7 Å². The zero-order chi connectivity index (χ0) is 21.8. The predicted octanol–water partition coefficient (Wildman–Crippen LogP) is 6.12. The Hall–Kier alpha value is -3.27. The van der Waals surface area contributed by atoms with E-state index in [4.69, 9.17) is 4.99 Å². The Kier molecular flexibility index (Phi) is 6.26. The molecule has 0 aliphatic carbocycles. The summed E-state index contributed by atoms with van der Waals surface area (Å²) >= 11 is 0. The van der Waals surface area contributed by atoms with Crippen LogP contribution in [0.3, 0.4) is 0 Å². The molecule has 0 bridgehead atoms. The Morgan fingerprint density at radius 3 is 2.42 bits per heavy atom. The molecule has 1 fully saturated rings. The second-order valence-corrected chi connectivity index (χ2v) is 8.38. The largest absolute Gasteiger partial charge is 0.372 e. The minimum absolute atomic E-state index is 0.821. The van der Waals surface area contributed by atoms with E-state index in [1.54, 1.807) is 0 Å². The monoisotopic (exact) mass is 412 g/mol. The molecule has 4 rings (SSSR count). The molecule has 2 aliphatic rings. The summed E-state index contributed by atoms with van der Waals surface area (Å²) in [6, 6.07) is 15.2. The summed E-state index contributed by atoms with van der Waals surface area (Å²) in [5.41, 5.74) is 7.05. The van der Waals surface area contributed by atoms with Gasteiger partial charge in [0.05, 0.1) is 0 Å². The molecule has 4 nitrogen and oxygen atoms in total. The molecule has 160 valence electrons. The SMILES string of the molecule is C=C/C(=C1/N=C(Nc2ccc(N3CCCCC3)cc2)C=CN1C)c1ccc(C)c(C)c1. The second kappa shape index (κ2) is 9.25. The lowest BCUT2D eigenvalue weighted by molar-refractivity contribution is 0.561. The highest BCUT2D eigenvalue weighted by molar-refractivity contribution is 6.05. The van der Waals surface area contributed by atoms with Crippen LogP contribution in [0.15, 0.2) is 78.2 Å². The van der Waals surface area contributed by atoms with E-state index in [9.17, 15) is 0 Å². The van der Waals surface area contributed by atoms with Crippen molar-refractivity contribution in [3.63, 3.8) is 0 Å². The number of nitrogens with one attached hydrogen (secondary N) is 1. The average Bonchev–Trinajstić information content (AvgIpc) is 2.80. The van der Waals surface area contributed by atoms with Gasteiger partial charge in [0.2, 0.25) is 0 Å². The van der Waals surface area contributed by atoms with Crippen LogP contribution in [0.2, 0.25) is 0 Å². The highest BCUT2D eigenvalue weighted by Gasteiger charge is 2.15.